The summed E-state index contributed by atoms with van der Waals surface area (Å²) >= 11 is 3.39. The lowest BCUT2D eigenvalue weighted by molar-refractivity contribution is -0.112. The number of nitrogens with one attached hydrogen (secondary N) is 2. The Labute approximate surface area is 137 Å². The van der Waals surface area contributed by atoms with E-state index in [0.29, 0.717) is 5.69 Å². The fraction of sp³-hybridized carbons (Fsp3) is 0.0588. The van der Waals surface area contributed by atoms with Crippen molar-refractivity contribution in [2.45, 2.75) is 6.92 Å². The molecule has 0 aromatic heterocycles. The molecule has 0 aliphatic carbocycles. The fourth-order valence-electron chi connectivity index (χ4n) is 1.71. The molecule has 0 radical (unpaired) electrons. The summed E-state index contributed by atoms with van der Waals surface area (Å²) in [4.78, 5) is 12.1. The van der Waals surface area contributed by atoms with Crippen LogP contribution in [0.5, 0.6) is 0 Å². The van der Waals surface area contributed by atoms with Crippen LogP contribution in [0.15, 0.2) is 64.8 Å². The molecule has 5 heteroatoms. The Bertz CT molecular complexity index is 745. The molecule has 110 valence electrons. The van der Waals surface area contributed by atoms with E-state index in [9.17, 15) is 4.79 Å². The minimum absolute atomic E-state index is 0.00340. The van der Waals surface area contributed by atoms with Crippen molar-refractivity contribution in [3.63, 3.8) is 0 Å². The molecule has 0 atom stereocenters. The smallest absolute Gasteiger partial charge is 0.267 e. The summed E-state index contributed by atoms with van der Waals surface area (Å²) in [5.74, 6) is -0.453. The van der Waals surface area contributed by atoms with Crippen LogP contribution in [0.1, 0.15) is 5.56 Å². The van der Waals surface area contributed by atoms with Crippen molar-refractivity contribution in [1.29, 1.82) is 5.26 Å². The predicted octanol–water partition coefficient (Wildman–Crippen LogP) is 4.22. The van der Waals surface area contributed by atoms with Crippen LogP contribution >= 0.6 is 15.9 Å². The largest absolute Gasteiger partial charge is 0.359 e. The summed E-state index contributed by atoms with van der Waals surface area (Å²) in [7, 11) is 0. The van der Waals surface area contributed by atoms with E-state index in [1.54, 1.807) is 12.1 Å². The zero-order valence-corrected chi connectivity index (χ0v) is 13.5. The van der Waals surface area contributed by atoms with Gasteiger partial charge >= 0.3 is 0 Å². The molecular weight excluding hydrogens is 342 g/mol. The molecule has 0 saturated heterocycles. The summed E-state index contributed by atoms with van der Waals surface area (Å²) in [5, 5.41) is 14.8. The Balaban J connectivity index is 2.09. The highest BCUT2D eigenvalue weighted by atomic mass is 79.9. The summed E-state index contributed by atoms with van der Waals surface area (Å²) in [5.41, 5.74) is 2.52. The summed E-state index contributed by atoms with van der Waals surface area (Å²) in [6.45, 7) is 1.97. The highest BCUT2D eigenvalue weighted by molar-refractivity contribution is 9.10. The highest BCUT2D eigenvalue weighted by Gasteiger charge is 2.09. The molecule has 4 nitrogen and oxygen atoms in total. The highest BCUT2D eigenvalue weighted by Crippen LogP contribution is 2.21. The Morgan fingerprint density at radius 3 is 2.50 bits per heavy atom. The molecule has 2 aromatic rings. The van der Waals surface area contributed by atoms with E-state index >= 15 is 0 Å². The minimum atomic E-state index is -0.453. The lowest BCUT2D eigenvalue weighted by Gasteiger charge is -2.06. The Hall–Kier alpha value is -2.58. The molecule has 0 fully saturated rings. The molecule has 2 rings (SSSR count). The first-order chi connectivity index (χ1) is 10.6. The van der Waals surface area contributed by atoms with Crippen LogP contribution in [0.25, 0.3) is 0 Å². The first-order valence-electron chi connectivity index (χ1n) is 6.59. The Morgan fingerprint density at radius 2 is 1.86 bits per heavy atom. The minimum Gasteiger partial charge on any atom is -0.359 e. The van der Waals surface area contributed by atoms with E-state index in [1.807, 2.05) is 49.4 Å². The van der Waals surface area contributed by atoms with Crippen LogP contribution in [-0.2, 0) is 4.79 Å². The van der Waals surface area contributed by atoms with Crippen LogP contribution in [0.2, 0.25) is 0 Å². The monoisotopic (exact) mass is 355 g/mol. The van der Waals surface area contributed by atoms with E-state index < -0.39 is 5.91 Å². The van der Waals surface area contributed by atoms with Gasteiger partial charge in [-0.15, -0.1) is 0 Å². The SMILES string of the molecule is Cc1ccc(NC(=O)/C(C#N)=C\Nc2ccccc2Br)cc1. The zero-order valence-electron chi connectivity index (χ0n) is 11.9. The van der Waals surface area contributed by atoms with Gasteiger partial charge in [0.05, 0.1) is 5.69 Å². The van der Waals surface area contributed by atoms with Gasteiger partial charge in [-0.2, -0.15) is 5.26 Å². The number of hydrogen-bond donors (Lipinski definition) is 2. The molecule has 2 N–H and O–H groups in total. The molecule has 0 heterocycles. The molecule has 0 unspecified atom stereocenters. The molecule has 22 heavy (non-hydrogen) atoms. The maximum Gasteiger partial charge on any atom is 0.267 e. The first kappa shape index (κ1) is 15.8. The average Bonchev–Trinajstić information content (AvgIpc) is 2.52. The second-order valence-corrected chi connectivity index (χ2v) is 5.47. The number of halogens is 1. The number of para-hydroxylation sites is 1. The van der Waals surface area contributed by atoms with Crippen LogP contribution < -0.4 is 10.6 Å². The van der Waals surface area contributed by atoms with Crippen molar-refractivity contribution in [1.82, 2.24) is 0 Å². The number of carbonyl (C=O) groups excluding carboxylic acids is 1. The van der Waals surface area contributed by atoms with Gasteiger partial charge in [-0.25, -0.2) is 0 Å². The van der Waals surface area contributed by atoms with Gasteiger partial charge in [0.2, 0.25) is 0 Å². The maximum atomic E-state index is 12.1. The number of carbonyl (C=O) groups is 1. The normalized spacial score (nSPS) is 10.7. The molecular formula is C17H14BrN3O. The van der Waals surface area contributed by atoms with E-state index in [2.05, 4.69) is 26.6 Å². The van der Waals surface area contributed by atoms with Crippen LogP contribution in [0, 0.1) is 18.3 Å². The van der Waals surface area contributed by atoms with Gasteiger partial charge in [-0.3, -0.25) is 4.79 Å². The van der Waals surface area contributed by atoms with Crippen molar-refractivity contribution in [3.8, 4) is 6.07 Å². The third kappa shape index (κ3) is 4.21. The van der Waals surface area contributed by atoms with E-state index in [0.717, 1.165) is 15.7 Å². The topological polar surface area (TPSA) is 64.9 Å². The molecule has 0 saturated carbocycles. The van der Waals surface area contributed by atoms with E-state index in [4.69, 9.17) is 5.26 Å². The van der Waals surface area contributed by atoms with Crippen LogP contribution in [0.3, 0.4) is 0 Å². The van der Waals surface area contributed by atoms with Crippen molar-refractivity contribution in [3.05, 3.63) is 70.3 Å². The van der Waals surface area contributed by atoms with Gasteiger partial charge < -0.3 is 10.6 Å². The van der Waals surface area contributed by atoms with Gasteiger partial charge in [-0.05, 0) is 47.1 Å². The quantitative estimate of drug-likeness (QED) is 0.637. The fourth-order valence-corrected chi connectivity index (χ4v) is 2.11. The average molecular weight is 356 g/mol. The number of aryl methyl sites for hydroxylation is 1. The standard InChI is InChI=1S/C17H14BrN3O/c1-12-6-8-14(9-7-12)21-17(22)13(10-19)11-20-16-5-3-2-4-15(16)18/h2-9,11,20H,1H3,(H,21,22)/b13-11-. The second-order valence-electron chi connectivity index (χ2n) is 4.61. The van der Waals surface area contributed by atoms with Gasteiger partial charge in [0.1, 0.15) is 11.6 Å². The van der Waals surface area contributed by atoms with Crippen LogP contribution in [-0.4, -0.2) is 5.91 Å². The van der Waals surface area contributed by atoms with Crippen molar-refractivity contribution in [2.75, 3.05) is 10.6 Å². The molecule has 2 aromatic carbocycles. The van der Waals surface area contributed by atoms with E-state index in [1.165, 1.54) is 6.20 Å². The molecule has 0 aliphatic heterocycles. The number of amides is 1. The van der Waals surface area contributed by atoms with E-state index in [-0.39, 0.29) is 5.57 Å². The van der Waals surface area contributed by atoms with Gasteiger partial charge in [0.25, 0.3) is 5.91 Å². The maximum absolute atomic E-state index is 12.1. The van der Waals surface area contributed by atoms with Crippen molar-refractivity contribution < 1.29 is 4.79 Å². The number of nitrogens with zero attached hydrogens (tertiary/aromatic N) is 1. The number of benzene rings is 2. The van der Waals surface area contributed by atoms with Gasteiger partial charge in [-0.1, -0.05) is 29.8 Å². The summed E-state index contributed by atoms with van der Waals surface area (Å²) < 4.78 is 0.850. The summed E-state index contributed by atoms with van der Waals surface area (Å²) in [6, 6.07) is 16.7. The first-order valence-corrected chi connectivity index (χ1v) is 7.39. The third-order valence-electron chi connectivity index (χ3n) is 2.92. The number of anilines is 2. The molecule has 0 bridgehead atoms. The predicted molar refractivity (Wildman–Crippen MR) is 91.3 cm³/mol. The molecule has 1 amide bonds. The number of hydrogen-bond acceptors (Lipinski definition) is 3. The lowest BCUT2D eigenvalue weighted by atomic mass is 10.2. The molecule has 0 spiro atoms. The van der Waals surface area contributed by atoms with Crippen LogP contribution in [0.4, 0.5) is 11.4 Å². The zero-order chi connectivity index (χ0) is 15.9. The second kappa shape index (κ2) is 7.43. The van der Waals surface area contributed by atoms with Crippen molar-refractivity contribution in [2.24, 2.45) is 0 Å². The Morgan fingerprint density at radius 1 is 1.18 bits per heavy atom. The lowest BCUT2D eigenvalue weighted by Crippen LogP contribution is -2.14. The molecule has 0 aliphatic rings. The van der Waals surface area contributed by atoms with Gasteiger partial charge in [0, 0.05) is 16.4 Å². The summed E-state index contributed by atoms with van der Waals surface area (Å²) in [6.07, 6.45) is 1.39. The number of rotatable bonds is 4. The Kier molecular flexibility index (Phi) is 5.34. The van der Waals surface area contributed by atoms with Crippen molar-refractivity contribution >= 4 is 33.2 Å². The van der Waals surface area contributed by atoms with Gasteiger partial charge in [0.15, 0.2) is 0 Å². The number of nitriles is 1. The third-order valence-corrected chi connectivity index (χ3v) is 3.61.